The summed E-state index contributed by atoms with van der Waals surface area (Å²) in [6, 6.07) is 0.0141. The molecule has 0 bridgehead atoms. The number of nitrogens with zero attached hydrogens (tertiary/aromatic N) is 1. The molecule has 0 aliphatic carbocycles. The van der Waals surface area contributed by atoms with Crippen LogP contribution < -0.4 is 10.2 Å². The highest BCUT2D eigenvalue weighted by molar-refractivity contribution is 7.89. The molecule has 0 radical (unpaired) electrons. The molecule has 1 aromatic heterocycles. The molecule has 1 aliphatic heterocycles. The smallest absolute Gasteiger partial charge is 0.352 e. The van der Waals surface area contributed by atoms with Gasteiger partial charge < -0.3 is 9.67 Å². The Morgan fingerprint density at radius 2 is 2.35 bits per heavy atom. The van der Waals surface area contributed by atoms with Crippen LogP contribution in [-0.4, -0.2) is 42.6 Å². The van der Waals surface area contributed by atoms with E-state index in [9.17, 15) is 18.0 Å². The summed E-state index contributed by atoms with van der Waals surface area (Å²) in [5.74, 6) is -1.82. The van der Waals surface area contributed by atoms with Gasteiger partial charge in [-0.05, 0) is 13.0 Å². The lowest BCUT2D eigenvalue weighted by molar-refractivity contribution is -0.124. The van der Waals surface area contributed by atoms with Crippen molar-refractivity contribution in [2.45, 2.75) is 24.4 Å². The third-order valence-corrected chi connectivity index (χ3v) is 4.22. The largest absolute Gasteiger partial charge is 0.477 e. The zero-order chi connectivity index (χ0) is 14.9. The number of hydrogen-bond donors (Lipinski definition) is 3. The van der Waals surface area contributed by atoms with Crippen LogP contribution in [0.15, 0.2) is 17.2 Å². The van der Waals surface area contributed by atoms with Gasteiger partial charge in [0.1, 0.15) is 23.2 Å². The molecule has 0 unspecified atom stereocenters. The number of aromatic carboxylic acids is 1. The molecular weight excluding hydrogens is 290 g/mol. The zero-order valence-electron chi connectivity index (χ0n) is 10.5. The van der Waals surface area contributed by atoms with Crippen LogP contribution in [0.25, 0.3) is 0 Å². The quantitative estimate of drug-likeness (QED) is 0.634. The molecule has 1 fully saturated rings. The van der Waals surface area contributed by atoms with Crippen molar-refractivity contribution in [1.29, 1.82) is 0 Å². The van der Waals surface area contributed by atoms with Crippen LogP contribution in [0.2, 0.25) is 0 Å². The van der Waals surface area contributed by atoms with Crippen LogP contribution in [0.3, 0.4) is 0 Å². The van der Waals surface area contributed by atoms with Gasteiger partial charge in [0.15, 0.2) is 0 Å². The van der Waals surface area contributed by atoms with Gasteiger partial charge in [-0.2, -0.15) is 4.72 Å². The third-order valence-electron chi connectivity index (χ3n) is 2.78. The summed E-state index contributed by atoms with van der Waals surface area (Å²) in [6.45, 7) is 1.87. The van der Waals surface area contributed by atoms with Crippen molar-refractivity contribution in [2.75, 3.05) is 6.61 Å². The van der Waals surface area contributed by atoms with E-state index in [4.69, 9.17) is 5.11 Å². The molecule has 10 heteroatoms. The van der Waals surface area contributed by atoms with Gasteiger partial charge >= 0.3 is 5.97 Å². The number of carbonyl (C=O) groups excluding carboxylic acids is 1. The van der Waals surface area contributed by atoms with Crippen LogP contribution in [-0.2, 0) is 26.2 Å². The molecule has 1 saturated heterocycles. The number of hydrogen-bond acceptors (Lipinski definition) is 5. The minimum absolute atomic E-state index is 0.127. The van der Waals surface area contributed by atoms with E-state index in [1.54, 1.807) is 6.92 Å². The predicted octanol–water partition coefficient (Wildman–Crippen LogP) is -1.09. The second-order valence-electron chi connectivity index (χ2n) is 4.10. The normalized spacial score (nSPS) is 19.1. The van der Waals surface area contributed by atoms with E-state index < -0.39 is 27.9 Å². The standard InChI is InChI=1S/C10H13N3O6S/c1-2-13-4-6(3-8(13)10(15)16)20(17,18)12-7-5-19-11-9(7)14/h3-4,7,12H,2,5H2,1H3,(H,11,14)(H,15,16)/t7-/m1/s1. The number of hydroxylamine groups is 1. The van der Waals surface area contributed by atoms with E-state index in [1.807, 2.05) is 5.48 Å². The number of carboxylic acids is 1. The van der Waals surface area contributed by atoms with Crippen molar-refractivity contribution in [2.24, 2.45) is 0 Å². The molecule has 20 heavy (non-hydrogen) atoms. The molecule has 0 spiro atoms. The maximum Gasteiger partial charge on any atom is 0.352 e. The summed E-state index contributed by atoms with van der Waals surface area (Å²) in [4.78, 5) is 26.7. The summed E-state index contributed by atoms with van der Waals surface area (Å²) in [5, 5.41) is 8.98. The second-order valence-corrected chi connectivity index (χ2v) is 5.82. The Bertz CT molecular complexity index is 650. The van der Waals surface area contributed by atoms with Gasteiger partial charge in [0.25, 0.3) is 5.91 Å². The van der Waals surface area contributed by atoms with Crippen LogP contribution in [0.5, 0.6) is 0 Å². The summed E-state index contributed by atoms with van der Waals surface area (Å²) < 4.78 is 27.6. The van der Waals surface area contributed by atoms with Crippen molar-refractivity contribution in [3.05, 3.63) is 18.0 Å². The predicted molar refractivity (Wildman–Crippen MR) is 65.3 cm³/mol. The first-order chi connectivity index (χ1) is 9.35. The highest BCUT2D eigenvalue weighted by atomic mass is 32.2. The number of amides is 1. The van der Waals surface area contributed by atoms with Crippen molar-refractivity contribution in [3.63, 3.8) is 0 Å². The summed E-state index contributed by atoms with van der Waals surface area (Å²) in [6.07, 6.45) is 1.21. The van der Waals surface area contributed by atoms with E-state index in [0.717, 1.165) is 6.07 Å². The van der Waals surface area contributed by atoms with E-state index in [2.05, 4.69) is 9.56 Å². The molecule has 1 aromatic rings. The average Bonchev–Trinajstić information content (AvgIpc) is 2.96. The minimum atomic E-state index is -4.00. The molecule has 2 rings (SSSR count). The van der Waals surface area contributed by atoms with E-state index in [1.165, 1.54) is 10.8 Å². The highest BCUT2D eigenvalue weighted by Crippen LogP contribution is 2.15. The Hall–Kier alpha value is -1.91. The SMILES string of the molecule is CCn1cc(S(=O)(=O)N[C@@H]2CONC2=O)cc1C(=O)O. The van der Waals surface area contributed by atoms with Gasteiger partial charge in [0.05, 0.1) is 0 Å². The van der Waals surface area contributed by atoms with E-state index in [0.29, 0.717) is 6.54 Å². The maximum absolute atomic E-state index is 12.1. The van der Waals surface area contributed by atoms with Gasteiger partial charge in [-0.3, -0.25) is 9.63 Å². The first-order valence-electron chi connectivity index (χ1n) is 5.72. The maximum atomic E-state index is 12.1. The molecule has 1 amide bonds. The fourth-order valence-corrected chi connectivity index (χ4v) is 2.98. The Balaban J connectivity index is 2.30. The molecule has 110 valence electrons. The Morgan fingerprint density at radius 3 is 2.80 bits per heavy atom. The van der Waals surface area contributed by atoms with Crippen LogP contribution >= 0.6 is 0 Å². The van der Waals surface area contributed by atoms with E-state index >= 15 is 0 Å². The molecule has 3 N–H and O–H groups in total. The van der Waals surface area contributed by atoms with Crippen molar-refractivity contribution in [3.8, 4) is 0 Å². The van der Waals surface area contributed by atoms with Gasteiger partial charge in [0.2, 0.25) is 10.0 Å². The number of aromatic nitrogens is 1. The van der Waals surface area contributed by atoms with Gasteiger partial charge in [-0.25, -0.2) is 18.7 Å². The number of nitrogens with one attached hydrogen (secondary N) is 2. The molecule has 1 atom stereocenters. The minimum Gasteiger partial charge on any atom is -0.477 e. The Morgan fingerprint density at radius 1 is 1.65 bits per heavy atom. The molecule has 1 aliphatic rings. The first kappa shape index (κ1) is 14.5. The fraction of sp³-hybridized carbons (Fsp3) is 0.400. The van der Waals surface area contributed by atoms with Crippen LogP contribution in [0, 0.1) is 0 Å². The van der Waals surface area contributed by atoms with Crippen LogP contribution in [0.4, 0.5) is 0 Å². The molecule has 0 saturated carbocycles. The van der Waals surface area contributed by atoms with Gasteiger partial charge in [-0.1, -0.05) is 0 Å². The van der Waals surface area contributed by atoms with Crippen LogP contribution in [0.1, 0.15) is 17.4 Å². The number of aryl methyl sites for hydroxylation is 1. The van der Waals surface area contributed by atoms with Crippen molar-refractivity contribution in [1.82, 2.24) is 14.8 Å². The fourth-order valence-electron chi connectivity index (χ4n) is 1.76. The highest BCUT2D eigenvalue weighted by Gasteiger charge is 2.31. The van der Waals surface area contributed by atoms with Gasteiger partial charge in [0, 0.05) is 12.7 Å². The summed E-state index contributed by atoms with van der Waals surface area (Å²) in [5.41, 5.74) is 1.89. The lowest BCUT2D eigenvalue weighted by Crippen LogP contribution is -2.41. The zero-order valence-corrected chi connectivity index (χ0v) is 11.3. The topological polar surface area (TPSA) is 127 Å². The summed E-state index contributed by atoms with van der Waals surface area (Å²) >= 11 is 0. The second kappa shape index (κ2) is 5.23. The van der Waals surface area contributed by atoms with Gasteiger partial charge in [-0.15, -0.1) is 0 Å². The summed E-state index contributed by atoms with van der Waals surface area (Å²) in [7, 11) is -4.00. The lowest BCUT2D eigenvalue weighted by atomic mass is 10.3. The lowest BCUT2D eigenvalue weighted by Gasteiger charge is -2.07. The molecule has 9 nitrogen and oxygen atoms in total. The number of carbonyl (C=O) groups is 2. The number of carboxylic acid groups (broad SMARTS) is 1. The molecule has 2 heterocycles. The van der Waals surface area contributed by atoms with E-state index in [-0.39, 0.29) is 17.2 Å². The van der Waals surface area contributed by atoms with Crippen molar-refractivity contribution < 1.29 is 28.0 Å². The Kier molecular flexibility index (Phi) is 3.79. The monoisotopic (exact) mass is 303 g/mol. The number of sulfonamides is 1. The molecule has 0 aromatic carbocycles. The van der Waals surface area contributed by atoms with Crippen molar-refractivity contribution >= 4 is 21.9 Å². The third kappa shape index (κ3) is 2.66. The number of rotatable bonds is 5. The Labute approximate surface area is 114 Å². The average molecular weight is 303 g/mol. The first-order valence-corrected chi connectivity index (χ1v) is 7.21. The molecular formula is C10H13N3O6S.